The molecule has 21 heavy (non-hydrogen) atoms. The first kappa shape index (κ1) is 15.3. The molecular formula is C14H16F2N2O3. The first-order valence-corrected chi connectivity index (χ1v) is 6.64. The molecule has 7 heteroatoms. The smallest absolute Gasteiger partial charge is 0.285 e. The highest BCUT2D eigenvalue weighted by atomic mass is 19.2. The number of amides is 1. The Bertz CT molecular complexity index is 602. The van der Waals surface area contributed by atoms with Gasteiger partial charge in [0.1, 0.15) is 5.56 Å². The van der Waals surface area contributed by atoms with Gasteiger partial charge < -0.3 is 4.90 Å². The molecule has 0 unspecified atom stereocenters. The van der Waals surface area contributed by atoms with Crippen molar-refractivity contribution < 1.29 is 18.5 Å². The van der Waals surface area contributed by atoms with Crippen LogP contribution in [0.15, 0.2) is 12.1 Å². The van der Waals surface area contributed by atoms with Crippen molar-refractivity contribution >= 4 is 11.6 Å². The number of hydrogen-bond donors (Lipinski definition) is 0. The van der Waals surface area contributed by atoms with E-state index in [0.717, 1.165) is 12.8 Å². The monoisotopic (exact) mass is 298 g/mol. The van der Waals surface area contributed by atoms with Gasteiger partial charge in [-0.1, -0.05) is 13.8 Å². The van der Waals surface area contributed by atoms with Crippen LogP contribution in [-0.2, 0) is 0 Å². The van der Waals surface area contributed by atoms with Crippen LogP contribution >= 0.6 is 0 Å². The molecular weight excluding hydrogens is 282 g/mol. The highest BCUT2D eigenvalue weighted by Crippen LogP contribution is 2.31. The molecule has 1 fully saturated rings. The Morgan fingerprint density at radius 3 is 2.52 bits per heavy atom. The molecule has 0 saturated carbocycles. The number of halogens is 2. The largest absolute Gasteiger partial charge is 0.338 e. The van der Waals surface area contributed by atoms with Gasteiger partial charge >= 0.3 is 0 Å². The van der Waals surface area contributed by atoms with Gasteiger partial charge in [-0.05, 0) is 24.3 Å². The summed E-state index contributed by atoms with van der Waals surface area (Å²) >= 11 is 0. The topological polar surface area (TPSA) is 63.5 Å². The van der Waals surface area contributed by atoms with Crippen LogP contribution in [0.1, 0.15) is 37.0 Å². The summed E-state index contributed by atoms with van der Waals surface area (Å²) in [6.07, 6.45) is 1.72. The van der Waals surface area contributed by atoms with Crippen molar-refractivity contribution in [3.63, 3.8) is 0 Å². The highest BCUT2D eigenvalue weighted by molar-refractivity contribution is 5.98. The minimum atomic E-state index is -1.34. The second kappa shape index (κ2) is 5.38. The summed E-state index contributed by atoms with van der Waals surface area (Å²) < 4.78 is 26.5. The molecule has 1 amide bonds. The Balaban J connectivity index is 2.39. The molecule has 1 saturated heterocycles. The lowest BCUT2D eigenvalue weighted by atomic mass is 9.84. The number of likely N-dealkylation sites (tertiary alicyclic amines) is 1. The van der Waals surface area contributed by atoms with Crippen molar-refractivity contribution in [3.05, 3.63) is 39.4 Å². The summed E-state index contributed by atoms with van der Waals surface area (Å²) in [6, 6.07) is 1.06. The molecule has 0 spiro atoms. The van der Waals surface area contributed by atoms with E-state index in [4.69, 9.17) is 0 Å². The molecule has 0 aromatic heterocycles. The summed E-state index contributed by atoms with van der Waals surface area (Å²) in [5, 5.41) is 10.9. The van der Waals surface area contributed by atoms with Crippen LogP contribution in [0, 0.1) is 27.2 Å². The van der Waals surface area contributed by atoms with Crippen molar-refractivity contribution in [2.24, 2.45) is 5.41 Å². The van der Waals surface area contributed by atoms with Crippen LogP contribution in [0.25, 0.3) is 0 Å². The fraction of sp³-hybridized carbons (Fsp3) is 0.500. The standard InChI is InChI=1S/C14H16F2N2O3/c1-14(2)4-3-5-17(8-14)13(19)9-6-10(15)11(16)7-12(9)18(20)21/h6-7H,3-5,8H2,1-2H3. The zero-order chi connectivity index (χ0) is 15.8. The summed E-state index contributed by atoms with van der Waals surface area (Å²) in [6.45, 7) is 4.87. The number of benzene rings is 1. The van der Waals surface area contributed by atoms with Crippen LogP contribution in [0.2, 0.25) is 0 Å². The first-order chi connectivity index (χ1) is 9.71. The van der Waals surface area contributed by atoms with Crippen LogP contribution in [0.4, 0.5) is 14.5 Å². The summed E-state index contributed by atoms with van der Waals surface area (Å²) in [5.41, 5.74) is -1.21. The number of hydrogen-bond acceptors (Lipinski definition) is 3. The minimum absolute atomic E-state index is 0.0960. The van der Waals surface area contributed by atoms with E-state index in [1.165, 1.54) is 4.90 Å². The Hall–Kier alpha value is -2.05. The normalized spacial score (nSPS) is 17.6. The van der Waals surface area contributed by atoms with Gasteiger partial charge in [-0.15, -0.1) is 0 Å². The number of nitrogens with zero attached hydrogens (tertiary/aromatic N) is 2. The van der Waals surface area contributed by atoms with E-state index < -0.39 is 33.7 Å². The van der Waals surface area contributed by atoms with Crippen LogP contribution in [0.3, 0.4) is 0 Å². The molecule has 1 aliphatic rings. The van der Waals surface area contributed by atoms with E-state index in [0.29, 0.717) is 25.2 Å². The number of nitro groups is 1. The van der Waals surface area contributed by atoms with Crippen molar-refractivity contribution in [3.8, 4) is 0 Å². The molecule has 1 aromatic carbocycles. The lowest BCUT2D eigenvalue weighted by molar-refractivity contribution is -0.385. The molecule has 0 aliphatic carbocycles. The Morgan fingerprint density at radius 2 is 1.95 bits per heavy atom. The molecule has 114 valence electrons. The van der Waals surface area contributed by atoms with E-state index in [1.54, 1.807) is 0 Å². The van der Waals surface area contributed by atoms with E-state index in [9.17, 15) is 23.7 Å². The molecule has 0 atom stereocenters. The number of carbonyl (C=O) groups excluding carboxylic acids is 1. The van der Waals surface area contributed by atoms with Crippen LogP contribution in [0.5, 0.6) is 0 Å². The lowest BCUT2D eigenvalue weighted by Gasteiger charge is -2.38. The number of carbonyl (C=O) groups is 1. The van der Waals surface area contributed by atoms with Gasteiger partial charge in [0.25, 0.3) is 11.6 Å². The van der Waals surface area contributed by atoms with Gasteiger partial charge in [0, 0.05) is 13.1 Å². The Kier molecular flexibility index (Phi) is 3.93. The van der Waals surface area contributed by atoms with Gasteiger partial charge in [-0.2, -0.15) is 0 Å². The van der Waals surface area contributed by atoms with Crippen molar-refractivity contribution in [2.45, 2.75) is 26.7 Å². The molecule has 1 aromatic rings. The van der Waals surface area contributed by atoms with E-state index in [2.05, 4.69) is 0 Å². The summed E-state index contributed by atoms with van der Waals surface area (Å²) in [4.78, 5) is 23.9. The molecule has 1 aliphatic heterocycles. The maximum Gasteiger partial charge on any atom is 0.285 e. The molecule has 0 bridgehead atoms. The van der Waals surface area contributed by atoms with Gasteiger partial charge in [0.15, 0.2) is 11.6 Å². The van der Waals surface area contributed by atoms with Gasteiger partial charge in [-0.25, -0.2) is 8.78 Å². The first-order valence-electron chi connectivity index (χ1n) is 6.64. The van der Waals surface area contributed by atoms with Gasteiger partial charge in [0.2, 0.25) is 0 Å². The number of piperidine rings is 1. The lowest BCUT2D eigenvalue weighted by Crippen LogP contribution is -2.43. The van der Waals surface area contributed by atoms with Crippen molar-refractivity contribution in [1.29, 1.82) is 0 Å². The SMILES string of the molecule is CC1(C)CCCN(C(=O)c2cc(F)c(F)cc2[N+](=O)[O-])C1. The maximum atomic E-state index is 13.3. The second-order valence-corrected chi connectivity index (χ2v) is 6.04. The average molecular weight is 298 g/mol. The third-order valence-corrected chi connectivity index (χ3v) is 3.65. The van der Waals surface area contributed by atoms with Gasteiger partial charge in [-0.3, -0.25) is 14.9 Å². The van der Waals surface area contributed by atoms with E-state index in [1.807, 2.05) is 13.8 Å². The quantitative estimate of drug-likeness (QED) is 0.622. The summed E-state index contributed by atoms with van der Waals surface area (Å²) in [5.74, 6) is -3.23. The number of nitro benzene ring substituents is 1. The molecule has 0 N–H and O–H groups in total. The molecule has 2 rings (SSSR count). The Labute approximate surface area is 120 Å². The predicted molar refractivity (Wildman–Crippen MR) is 71.9 cm³/mol. The maximum absolute atomic E-state index is 13.3. The van der Waals surface area contributed by atoms with Gasteiger partial charge in [0.05, 0.1) is 11.0 Å². The van der Waals surface area contributed by atoms with Crippen LogP contribution < -0.4 is 0 Å². The van der Waals surface area contributed by atoms with E-state index >= 15 is 0 Å². The van der Waals surface area contributed by atoms with Crippen LogP contribution in [-0.4, -0.2) is 28.8 Å². The number of rotatable bonds is 2. The van der Waals surface area contributed by atoms with E-state index in [-0.39, 0.29) is 5.41 Å². The van der Waals surface area contributed by atoms with Crippen molar-refractivity contribution in [1.82, 2.24) is 4.90 Å². The Morgan fingerprint density at radius 1 is 1.33 bits per heavy atom. The summed E-state index contributed by atoms with van der Waals surface area (Å²) in [7, 11) is 0. The minimum Gasteiger partial charge on any atom is -0.338 e. The fourth-order valence-electron chi connectivity index (χ4n) is 2.63. The average Bonchev–Trinajstić information content (AvgIpc) is 2.39. The fourth-order valence-corrected chi connectivity index (χ4v) is 2.63. The third-order valence-electron chi connectivity index (χ3n) is 3.65. The third kappa shape index (κ3) is 3.17. The molecule has 1 heterocycles. The predicted octanol–water partition coefficient (Wildman–Crippen LogP) is 3.14. The van der Waals surface area contributed by atoms with Crippen molar-refractivity contribution in [2.75, 3.05) is 13.1 Å². The zero-order valence-electron chi connectivity index (χ0n) is 11.9. The zero-order valence-corrected chi connectivity index (χ0v) is 11.9. The second-order valence-electron chi connectivity index (χ2n) is 6.04. The molecule has 0 radical (unpaired) electrons. The molecule has 5 nitrogen and oxygen atoms in total. The highest BCUT2D eigenvalue weighted by Gasteiger charge is 2.33.